The monoisotopic (exact) mass is 852 g/mol. The Balaban J connectivity index is 1.32. The molecule has 0 bridgehead atoms. The van der Waals surface area contributed by atoms with Gasteiger partial charge in [-0.3, -0.25) is 29.0 Å². The van der Waals surface area contributed by atoms with Gasteiger partial charge in [0.05, 0.1) is 0 Å². The fourth-order valence-electron chi connectivity index (χ4n) is 10.4. The smallest absolute Gasteiger partial charge is 0.261 e. The summed E-state index contributed by atoms with van der Waals surface area (Å²) in [6.07, 6.45) is 12.6. The molecule has 0 spiro atoms. The van der Waals surface area contributed by atoms with Gasteiger partial charge in [0.2, 0.25) is 0 Å². The number of carbonyl (C=O) groups excluding carboxylic acids is 4. The highest BCUT2D eigenvalue weighted by Gasteiger charge is 2.38. The first kappa shape index (κ1) is 43.0. The molecule has 0 atom stereocenters. The zero-order chi connectivity index (χ0) is 44.8. The molecule has 0 radical (unpaired) electrons. The number of hydrogen-bond acceptors (Lipinski definition) is 6. The Hall–Kier alpha value is -6.28. The first-order valence-electron chi connectivity index (χ1n) is 23.6. The van der Waals surface area contributed by atoms with Crippen LogP contribution in [0, 0.1) is 0 Å². The number of benzene rings is 7. The van der Waals surface area contributed by atoms with E-state index in [1.165, 1.54) is 22.6 Å². The normalized spacial score (nSPS) is 13.8. The molecular weight excluding hydrogens is 793 g/mol. The van der Waals surface area contributed by atoms with E-state index in [1.807, 2.05) is 64.6 Å². The van der Waals surface area contributed by atoms with Gasteiger partial charge >= 0.3 is 0 Å². The maximum absolute atomic E-state index is 14.8. The number of rotatable bonds is 18. The summed E-state index contributed by atoms with van der Waals surface area (Å²) in [6.45, 7) is 5.15. The number of unbranched alkanes of at least 4 members (excludes halogenated alkanes) is 10. The Kier molecular flexibility index (Phi) is 11.9. The summed E-state index contributed by atoms with van der Waals surface area (Å²) in [4.78, 5) is 65.9. The average molecular weight is 853 g/mol. The first-order valence-corrected chi connectivity index (χ1v) is 23.6. The van der Waals surface area contributed by atoms with Crippen LogP contribution in [-0.2, 0) is 0 Å². The number of imide groups is 2. The lowest BCUT2D eigenvalue weighted by Crippen LogP contribution is -2.41. The number of anilines is 2. The van der Waals surface area contributed by atoms with E-state index in [0.717, 1.165) is 130 Å². The lowest BCUT2D eigenvalue weighted by Gasteiger charge is -2.32. The lowest BCUT2D eigenvalue weighted by atomic mass is 9.78. The minimum absolute atomic E-state index is 0.260. The van der Waals surface area contributed by atoms with Gasteiger partial charge in [-0.1, -0.05) is 114 Å². The molecule has 0 fully saturated rings. The molecule has 8 nitrogen and oxygen atoms in total. The zero-order valence-corrected chi connectivity index (χ0v) is 38.4. The van der Waals surface area contributed by atoms with E-state index < -0.39 is 0 Å². The van der Waals surface area contributed by atoms with E-state index in [0.29, 0.717) is 46.1 Å². The van der Waals surface area contributed by atoms with Crippen molar-refractivity contribution in [3.8, 4) is 22.3 Å². The summed E-state index contributed by atoms with van der Waals surface area (Å²) in [6, 6.07) is 28.6. The second-order valence-corrected chi connectivity index (χ2v) is 18.5. The van der Waals surface area contributed by atoms with Crippen molar-refractivity contribution in [3.63, 3.8) is 0 Å². The van der Waals surface area contributed by atoms with E-state index in [-0.39, 0.29) is 23.6 Å². The van der Waals surface area contributed by atoms with Crippen LogP contribution in [0.25, 0.3) is 65.3 Å². The highest BCUT2D eigenvalue weighted by atomic mass is 16.2. The third-order valence-corrected chi connectivity index (χ3v) is 13.9. The van der Waals surface area contributed by atoms with Crippen molar-refractivity contribution in [2.75, 3.05) is 51.1 Å². The first-order chi connectivity index (χ1) is 31.0. The van der Waals surface area contributed by atoms with Crippen LogP contribution < -0.4 is 9.80 Å². The molecule has 2 heterocycles. The summed E-state index contributed by atoms with van der Waals surface area (Å²) in [5, 5.41) is 6.59. The van der Waals surface area contributed by atoms with Gasteiger partial charge in [-0.05, 0) is 116 Å². The molecule has 0 saturated carbocycles. The van der Waals surface area contributed by atoms with Crippen LogP contribution in [0.1, 0.15) is 132 Å². The van der Waals surface area contributed by atoms with Crippen LogP contribution >= 0.6 is 0 Å². The summed E-state index contributed by atoms with van der Waals surface area (Å²) in [5.74, 6) is -1.05. The van der Waals surface area contributed by atoms with Crippen LogP contribution in [-0.4, -0.2) is 74.7 Å². The fourth-order valence-corrected chi connectivity index (χ4v) is 10.4. The number of fused-ring (bicyclic) bond motifs is 2. The van der Waals surface area contributed by atoms with Crippen molar-refractivity contribution in [2.24, 2.45) is 0 Å². The minimum atomic E-state index is -0.266. The molecule has 0 saturated heterocycles. The number of hydrogen-bond donors (Lipinski definition) is 0. The van der Waals surface area contributed by atoms with Gasteiger partial charge in [-0.15, -0.1) is 0 Å². The predicted octanol–water partition coefficient (Wildman–Crippen LogP) is 13.1. The molecule has 4 amide bonds. The Bertz CT molecular complexity index is 2750. The topological polar surface area (TPSA) is 81.2 Å². The Morgan fingerprint density at radius 1 is 0.359 bits per heavy atom. The van der Waals surface area contributed by atoms with Gasteiger partial charge in [0.25, 0.3) is 23.6 Å². The van der Waals surface area contributed by atoms with E-state index in [2.05, 4.69) is 72.2 Å². The maximum Gasteiger partial charge on any atom is 0.261 e. The van der Waals surface area contributed by atoms with E-state index in [4.69, 9.17) is 0 Å². The molecule has 64 heavy (non-hydrogen) atoms. The van der Waals surface area contributed by atoms with Crippen molar-refractivity contribution < 1.29 is 19.2 Å². The number of nitrogens with zero attached hydrogens (tertiary/aromatic N) is 4. The molecule has 0 aromatic heterocycles. The van der Waals surface area contributed by atoms with Crippen molar-refractivity contribution in [1.29, 1.82) is 0 Å². The molecule has 0 N–H and O–H groups in total. The second kappa shape index (κ2) is 17.7. The van der Waals surface area contributed by atoms with Crippen LogP contribution in [0.5, 0.6) is 0 Å². The largest absolute Gasteiger partial charge is 0.378 e. The molecule has 0 unspecified atom stereocenters. The van der Waals surface area contributed by atoms with E-state index in [9.17, 15) is 19.2 Å². The second-order valence-electron chi connectivity index (χ2n) is 18.5. The van der Waals surface area contributed by atoms with Crippen LogP contribution in [0.4, 0.5) is 11.4 Å². The zero-order valence-electron chi connectivity index (χ0n) is 38.4. The summed E-state index contributed by atoms with van der Waals surface area (Å²) in [5.41, 5.74) is 7.80. The van der Waals surface area contributed by atoms with Crippen molar-refractivity contribution >= 4 is 78.1 Å². The SMILES string of the molecule is CCCCCCCCN1C(=O)c2ccc3c4c(-c5ccc(N(C)C)cc5)cc5c6c(ccc(c7c(-c8ccc(N(C)C)cc8)cc(c2c37)C1=O)c64)C(=O)N(CCCCCCCC)C5=O. The van der Waals surface area contributed by atoms with Crippen molar-refractivity contribution in [2.45, 2.75) is 90.9 Å². The van der Waals surface area contributed by atoms with Gasteiger partial charge in [0, 0.05) is 85.7 Å². The number of amides is 4. The molecular formula is C56H60N4O4. The van der Waals surface area contributed by atoms with Gasteiger partial charge in [0.15, 0.2) is 0 Å². The Morgan fingerprint density at radius 3 is 1.06 bits per heavy atom. The quantitative estimate of drug-likeness (QED) is 0.0370. The van der Waals surface area contributed by atoms with Crippen molar-refractivity contribution in [3.05, 3.63) is 107 Å². The summed E-state index contributed by atoms with van der Waals surface area (Å²) >= 11 is 0. The van der Waals surface area contributed by atoms with Gasteiger partial charge < -0.3 is 9.80 Å². The highest BCUT2D eigenvalue weighted by Crippen LogP contribution is 2.52. The molecule has 0 aliphatic carbocycles. The van der Waals surface area contributed by atoms with E-state index >= 15 is 0 Å². The third-order valence-electron chi connectivity index (χ3n) is 13.9. The van der Waals surface area contributed by atoms with E-state index in [1.54, 1.807) is 0 Å². The molecule has 328 valence electrons. The molecule has 8 heteroatoms. The maximum atomic E-state index is 14.8. The molecule has 9 rings (SSSR count). The van der Waals surface area contributed by atoms with Gasteiger partial charge in [-0.25, -0.2) is 0 Å². The summed E-state index contributed by atoms with van der Waals surface area (Å²) < 4.78 is 0. The standard InChI is InChI=1S/C56H60N4O4/c1-7-9-11-13-15-17-31-59-53(61)41-29-27-39-48-44(36-21-25-38(26-22-36)58(5)6)34-46-50-42(54(62)60(56(46)64)32-18-16-14-12-10-8-2)30-28-40(52(48)50)47-43(33-45(55(59)63)49(41)51(39)47)35-19-23-37(24-20-35)57(3)4/h19-30,33-34H,7-18,31-32H2,1-6H3. The summed E-state index contributed by atoms with van der Waals surface area (Å²) in [7, 11) is 8.06. The Labute approximate surface area is 377 Å². The molecule has 2 aliphatic heterocycles. The van der Waals surface area contributed by atoms with Crippen LogP contribution in [0.15, 0.2) is 84.9 Å². The number of carbonyl (C=O) groups is 4. The fraction of sp³-hybridized carbons (Fsp3) is 0.357. The van der Waals surface area contributed by atoms with Crippen molar-refractivity contribution in [1.82, 2.24) is 9.80 Å². The lowest BCUT2D eigenvalue weighted by molar-refractivity contribution is 0.0592. The third kappa shape index (κ3) is 7.25. The molecule has 7 aromatic carbocycles. The molecule has 7 aromatic rings. The predicted molar refractivity (Wildman–Crippen MR) is 265 cm³/mol. The average Bonchev–Trinajstić information content (AvgIpc) is 3.30. The Morgan fingerprint density at radius 2 is 0.703 bits per heavy atom. The minimum Gasteiger partial charge on any atom is -0.378 e. The van der Waals surface area contributed by atoms with Gasteiger partial charge in [-0.2, -0.15) is 0 Å². The molecule has 2 aliphatic rings. The van der Waals surface area contributed by atoms with Crippen LogP contribution in [0.3, 0.4) is 0 Å². The van der Waals surface area contributed by atoms with Crippen LogP contribution in [0.2, 0.25) is 0 Å². The highest BCUT2D eigenvalue weighted by molar-refractivity contribution is 6.44. The van der Waals surface area contributed by atoms with Gasteiger partial charge in [0.1, 0.15) is 0 Å².